The highest BCUT2D eigenvalue weighted by Crippen LogP contribution is 2.44. The van der Waals surface area contributed by atoms with Gasteiger partial charge < -0.3 is 10.0 Å². The Morgan fingerprint density at radius 1 is 1.06 bits per heavy atom. The Labute approximate surface area is 99.0 Å². The van der Waals surface area contributed by atoms with Crippen molar-refractivity contribution in [2.75, 3.05) is 7.05 Å². The number of aliphatic hydroxyl groups is 1. The second-order valence-electron chi connectivity index (χ2n) is 6.54. The molecule has 3 rings (SSSR count). The molecule has 2 saturated heterocycles. The summed E-state index contributed by atoms with van der Waals surface area (Å²) in [6, 6.07) is 1.34. The van der Waals surface area contributed by atoms with Crippen molar-refractivity contribution in [3.63, 3.8) is 0 Å². The van der Waals surface area contributed by atoms with Crippen molar-refractivity contribution in [3.05, 3.63) is 0 Å². The summed E-state index contributed by atoms with van der Waals surface area (Å²) in [6.45, 7) is 0. The fraction of sp³-hybridized carbons (Fsp3) is 1.00. The first-order valence-corrected chi connectivity index (χ1v) is 7.11. The number of hydrogen-bond acceptors (Lipinski definition) is 2. The van der Waals surface area contributed by atoms with Crippen LogP contribution in [-0.2, 0) is 0 Å². The predicted molar refractivity (Wildman–Crippen MR) is 65.3 cm³/mol. The quantitative estimate of drug-likeness (QED) is 0.777. The summed E-state index contributed by atoms with van der Waals surface area (Å²) in [7, 11) is 2.25. The minimum absolute atomic E-state index is 0.312. The molecule has 2 bridgehead atoms. The monoisotopic (exact) mass is 223 g/mol. The average molecular weight is 223 g/mol. The molecule has 3 fully saturated rings. The minimum Gasteiger partial charge on any atom is -0.390 e. The van der Waals surface area contributed by atoms with Gasteiger partial charge in [0.25, 0.3) is 0 Å². The fourth-order valence-corrected chi connectivity index (χ4v) is 4.46. The van der Waals surface area contributed by atoms with E-state index >= 15 is 0 Å². The van der Waals surface area contributed by atoms with E-state index in [2.05, 4.69) is 11.9 Å². The van der Waals surface area contributed by atoms with Crippen LogP contribution in [0.1, 0.15) is 57.8 Å². The highest BCUT2D eigenvalue weighted by atomic mass is 16.3. The Hall–Kier alpha value is -0.0800. The third-order valence-electron chi connectivity index (χ3n) is 5.36. The lowest BCUT2D eigenvalue weighted by molar-refractivity contribution is -0.0595. The van der Waals surface area contributed by atoms with Crippen LogP contribution in [0.3, 0.4) is 0 Å². The van der Waals surface area contributed by atoms with Crippen LogP contribution in [0.15, 0.2) is 0 Å². The molecular weight excluding hydrogens is 198 g/mol. The summed E-state index contributed by atoms with van der Waals surface area (Å²) < 4.78 is 0. The number of hydrogen-bond donors (Lipinski definition) is 1. The predicted octanol–water partition coefficient (Wildman–Crippen LogP) is 2.55. The van der Waals surface area contributed by atoms with Crippen LogP contribution in [0, 0.1) is 5.92 Å². The van der Waals surface area contributed by atoms with E-state index in [4.69, 9.17) is 0 Å². The van der Waals surface area contributed by atoms with E-state index in [9.17, 15) is 5.11 Å². The van der Waals surface area contributed by atoms with Crippen molar-refractivity contribution in [1.82, 2.24) is 4.90 Å². The minimum atomic E-state index is -0.312. The van der Waals surface area contributed by atoms with Gasteiger partial charge >= 0.3 is 0 Å². The molecule has 92 valence electrons. The smallest absolute Gasteiger partial charge is 0.0680 e. The first kappa shape index (κ1) is 11.0. The van der Waals surface area contributed by atoms with Crippen molar-refractivity contribution < 1.29 is 5.11 Å². The standard InChI is InChI=1S/C14H25NO/c1-15-12-6-7-13(15)10-14(16,9-12)8-11-4-2-3-5-11/h11-13,16H,2-10H2,1H3. The third kappa shape index (κ3) is 1.91. The van der Waals surface area contributed by atoms with Gasteiger partial charge in [-0.1, -0.05) is 25.7 Å². The summed E-state index contributed by atoms with van der Waals surface area (Å²) in [4.78, 5) is 2.52. The van der Waals surface area contributed by atoms with E-state index in [1.807, 2.05) is 0 Å². The molecule has 3 aliphatic rings. The van der Waals surface area contributed by atoms with Crippen molar-refractivity contribution in [2.24, 2.45) is 5.92 Å². The van der Waals surface area contributed by atoms with E-state index in [1.165, 1.54) is 38.5 Å². The maximum atomic E-state index is 10.8. The Morgan fingerprint density at radius 2 is 1.62 bits per heavy atom. The van der Waals surface area contributed by atoms with Crippen LogP contribution < -0.4 is 0 Å². The SMILES string of the molecule is CN1C2CCC1CC(O)(CC1CCCC1)C2. The fourth-order valence-electron chi connectivity index (χ4n) is 4.46. The second kappa shape index (κ2) is 3.99. The van der Waals surface area contributed by atoms with Crippen molar-refractivity contribution in [2.45, 2.75) is 75.5 Å². The van der Waals surface area contributed by atoms with Gasteiger partial charge in [0, 0.05) is 12.1 Å². The topological polar surface area (TPSA) is 23.5 Å². The largest absolute Gasteiger partial charge is 0.390 e. The van der Waals surface area contributed by atoms with Crippen LogP contribution >= 0.6 is 0 Å². The highest BCUT2D eigenvalue weighted by molar-refractivity contribution is 5.01. The molecule has 1 N–H and O–H groups in total. The molecule has 0 aromatic heterocycles. The molecule has 2 heteroatoms. The third-order valence-corrected chi connectivity index (χ3v) is 5.36. The molecule has 2 nitrogen and oxygen atoms in total. The number of fused-ring (bicyclic) bond motifs is 2. The summed E-state index contributed by atoms with van der Waals surface area (Å²) >= 11 is 0. The van der Waals surface area contributed by atoms with E-state index in [-0.39, 0.29) is 5.60 Å². The molecule has 0 aromatic rings. The van der Waals surface area contributed by atoms with Gasteiger partial charge in [-0.15, -0.1) is 0 Å². The Kier molecular flexibility index (Phi) is 2.75. The molecule has 1 aliphatic carbocycles. The zero-order valence-electron chi connectivity index (χ0n) is 10.5. The normalized spacial score (nSPS) is 45.4. The highest BCUT2D eigenvalue weighted by Gasteiger charge is 2.46. The molecule has 0 aromatic carbocycles. The summed E-state index contributed by atoms with van der Waals surface area (Å²) in [6.07, 6.45) is 11.3. The molecule has 2 atom stereocenters. The van der Waals surface area contributed by atoms with Gasteiger partial charge in [-0.2, -0.15) is 0 Å². The molecule has 1 saturated carbocycles. The van der Waals surface area contributed by atoms with Gasteiger partial charge in [0.1, 0.15) is 0 Å². The Balaban J connectivity index is 1.65. The number of piperidine rings is 1. The van der Waals surface area contributed by atoms with E-state index in [0.29, 0.717) is 12.1 Å². The van der Waals surface area contributed by atoms with E-state index < -0.39 is 0 Å². The molecular formula is C14H25NO. The van der Waals surface area contributed by atoms with Gasteiger partial charge in [0.15, 0.2) is 0 Å². The summed E-state index contributed by atoms with van der Waals surface area (Å²) in [5.41, 5.74) is -0.312. The first-order valence-electron chi connectivity index (χ1n) is 7.11. The molecule has 0 amide bonds. The van der Waals surface area contributed by atoms with E-state index in [1.54, 1.807) is 0 Å². The summed E-state index contributed by atoms with van der Waals surface area (Å²) in [5, 5.41) is 10.8. The van der Waals surface area contributed by atoms with Crippen LogP contribution in [0.4, 0.5) is 0 Å². The van der Waals surface area contributed by atoms with Gasteiger partial charge in [-0.25, -0.2) is 0 Å². The van der Waals surface area contributed by atoms with Crippen molar-refractivity contribution >= 4 is 0 Å². The lowest BCUT2D eigenvalue weighted by atomic mass is 9.79. The molecule has 0 spiro atoms. The zero-order chi connectivity index (χ0) is 11.2. The number of nitrogens with zero attached hydrogens (tertiary/aromatic N) is 1. The van der Waals surface area contributed by atoms with Crippen molar-refractivity contribution in [1.29, 1.82) is 0 Å². The van der Waals surface area contributed by atoms with Crippen LogP contribution in [-0.4, -0.2) is 34.7 Å². The zero-order valence-corrected chi connectivity index (χ0v) is 10.5. The molecule has 2 heterocycles. The van der Waals surface area contributed by atoms with E-state index in [0.717, 1.165) is 25.2 Å². The van der Waals surface area contributed by atoms with Gasteiger partial charge in [0.05, 0.1) is 5.60 Å². The second-order valence-corrected chi connectivity index (χ2v) is 6.54. The lowest BCUT2D eigenvalue weighted by Gasteiger charge is -2.43. The lowest BCUT2D eigenvalue weighted by Crippen LogP contribution is -2.49. The average Bonchev–Trinajstić information content (AvgIpc) is 2.77. The van der Waals surface area contributed by atoms with Gasteiger partial charge in [-0.05, 0) is 45.1 Å². The van der Waals surface area contributed by atoms with Gasteiger partial charge in [-0.3, -0.25) is 0 Å². The first-order chi connectivity index (χ1) is 7.66. The molecule has 2 aliphatic heterocycles. The maximum Gasteiger partial charge on any atom is 0.0680 e. The number of rotatable bonds is 2. The Bertz CT molecular complexity index is 245. The van der Waals surface area contributed by atoms with Crippen LogP contribution in [0.2, 0.25) is 0 Å². The molecule has 2 unspecified atom stereocenters. The van der Waals surface area contributed by atoms with Crippen LogP contribution in [0.25, 0.3) is 0 Å². The molecule has 0 radical (unpaired) electrons. The molecule has 16 heavy (non-hydrogen) atoms. The van der Waals surface area contributed by atoms with Gasteiger partial charge in [0.2, 0.25) is 0 Å². The van der Waals surface area contributed by atoms with Crippen molar-refractivity contribution in [3.8, 4) is 0 Å². The summed E-state index contributed by atoms with van der Waals surface area (Å²) in [5.74, 6) is 0.827. The maximum absolute atomic E-state index is 10.8. The van der Waals surface area contributed by atoms with Crippen LogP contribution in [0.5, 0.6) is 0 Å². The Morgan fingerprint density at radius 3 is 2.19 bits per heavy atom.